The van der Waals surface area contributed by atoms with Gasteiger partial charge in [0.25, 0.3) is 5.91 Å². The maximum atomic E-state index is 13.5. The van der Waals surface area contributed by atoms with Crippen molar-refractivity contribution in [3.05, 3.63) is 94.7 Å². The molecule has 0 saturated carbocycles. The van der Waals surface area contributed by atoms with Crippen LogP contribution in [-0.4, -0.2) is 28.7 Å². The highest BCUT2D eigenvalue weighted by Gasteiger charge is 2.42. The average molecular weight is 385 g/mol. The highest BCUT2D eigenvalue weighted by Crippen LogP contribution is 2.42. The molecule has 0 saturated heterocycles. The summed E-state index contributed by atoms with van der Waals surface area (Å²) in [6.45, 7) is 3.87. The van der Waals surface area contributed by atoms with Crippen LogP contribution in [0.3, 0.4) is 0 Å². The van der Waals surface area contributed by atoms with Crippen LogP contribution in [0.4, 0.5) is 5.82 Å². The summed E-state index contributed by atoms with van der Waals surface area (Å²) in [4.78, 5) is 32.6. The smallest absolute Gasteiger partial charge is 0.254 e. The number of carbonyl (C=O) groups is 2. The standard InChI is InChI=1S/C24H23N3O2/c1-15-13-16(2)25-20(14-15)26-23(28)21-18-11-7-8-12-19(18)24(29)27(3)22(21)17-9-5-4-6-10-17/h4-14,21-22H,1-3H3,(H,25,26,28). The molecule has 1 aromatic heterocycles. The maximum absolute atomic E-state index is 13.5. The number of likely N-dealkylation sites (N-methyl/N-ethyl adjacent to an activating group) is 1. The molecule has 0 spiro atoms. The molecular weight excluding hydrogens is 362 g/mol. The third-order valence-corrected chi connectivity index (χ3v) is 5.35. The molecule has 0 bridgehead atoms. The van der Waals surface area contributed by atoms with Crippen LogP contribution >= 0.6 is 0 Å². The number of fused-ring (bicyclic) bond motifs is 1. The van der Waals surface area contributed by atoms with E-state index in [4.69, 9.17) is 0 Å². The molecule has 2 aromatic carbocycles. The van der Waals surface area contributed by atoms with Gasteiger partial charge in [-0.2, -0.15) is 0 Å². The Bertz CT molecular complexity index is 1060. The van der Waals surface area contributed by atoms with Crippen LogP contribution in [0.1, 0.15) is 44.7 Å². The molecule has 2 atom stereocenters. The van der Waals surface area contributed by atoms with Gasteiger partial charge < -0.3 is 10.2 Å². The Balaban J connectivity index is 1.80. The highest BCUT2D eigenvalue weighted by atomic mass is 16.2. The summed E-state index contributed by atoms with van der Waals surface area (Å²) < 4.78 is 0. The lowest BCUT2D eigenvalue weighted by Gasteiger charge is -2.39. The molecule has 3 aromatic rings. The molecule has 2 amide bonds. The first-order valence-corrected chi connectivity index (χ1v) is 9.63. The van der Waals surface area contributed by atoms with E-state index in [1.165, 1.54) is 0 Å². The van der Waals surface area contributed by atoms with Crippen molar-refractivity contribution in [2.24, 2.45) is 0 Å². The fourth-order valence-electron chi connectivity index (χ4n) is 4.13. The minimum absolute atomic E-state index is 0.0805. The first-order valence-electron chi connectivity index (χ1n) is 9.63. The summed E-state index contributed by atoms with van der Waals surface area (Å²) >= 11 is 0. The molecule has 0 radical (unpaired) electrons. The molecule has 2 unspecified atom stereocenters. The summed E-state index contributed by atoms with van der Waals surface area (Å²) in [6, 6.07) is 20.5. The van der Waals surface area contributed by atoms with Gasteiger partial charge in [-0.05, 0) is 48.7 Å². The van der Waals surface area contributed by atoms with Crippen molar-refractivity contribution < 1.29 is 9.59 Å². The fraction of sp³-hybridized carbons (Fsp3) is 0.208. The van der Waals surface area contributed by atoms with Crippen molar-refractivity contribution >= 4 is 17.6 Å². The fourth-order valence-corrected chi connectivity index (χ4v) is 4.13. The van der Waals surface area contributed by atoms with Crippen LogP contribution in [0.15, 0.2) is 66.7 Å². The highest BCUT2D eigenvalue weighted by molar-refractivity contribution is 6.04. The van der Waals surface area contributed by atoms with Gasteiger partial charge in [0.15, 0.2) is 0 Å². The van der Waals surface area contributed by atoms with Gasteiger partial charge >= 0.3 is 0 Å². The molecule has 1 aliphatic rings. The molecule has 1 N–H and O–H groups in total. The zero-order valence-corrected chi connectivity index (χ0v) is 16.7. The summed E-state index contributed by atoms with van der Waals surface area (Å²) in [5.74, 6) is -0.276. The molecule has 146 valence electrons. The minimum atomic E-state index is -0.543. The Hall–Kier alpha value is -3.47. The van der Waals surface area contributed by atoms with Gasteiger partial charge in [0.1, 0.15) is 5.82 Å². The number of pyridine rings is 1. The van der Waals surface area contributed by atoms with Gasteiger partial charge in [-0.1, -0.05) is 48.5 Å². The van der Waals surface area contributed by atoms with Crippen molar-refractivity contribution in [1.82, 2.24) is 9.88 Å². The summed E-state index contributed by atoms with van der Waals surface area (Å²) in [5.41, 5.74) is 4.11. The third kappa shape index (κ3) is 3.51. The summed E-state index contributed by atoms with van der Waals surface area (Å²) in [5, 5.41) is 2.98. The number of anilines is 1. The molecule has 2 heterocycles. The third-order valence-electron chi connectivity index (χ3n) is 5.35. The van der Waals surface area contributed by atoms with Gasteiger partial charge in [-0.15, -0.1) is 0 Å². The van der Waals surface area contributed by atoms with Crippen LogP contribution < -0.4 is 5.32 Å². The van der Waals surface area contributed by atoms with Gasteiger partial charge in [0.05, 0.1) is 12.0 Å². The molecule has 0 fully saturated rings. The lowest BCUT2D eigenvalue weighted by molar-refractivity contribution is -0.119. The number of rotatable bonds is 3. The van der Waals surface area contributed by atoms with Crippen molar-refractivity contribution in [3.8, 4) is 0 Å². The first-order chi connectivity index (χ1) is 14.0. The lowest BCUT2D eigenvalue weighted by atomic mass is 9.79. The van der Waals surface area contributed by atoms with E-state index in [1.54, 1.807) is 18.0 Å². The second kappa shape index (κ2) is 7.51. The van der Waals surface area contributed by atoms with E-state index in [9.17, 15) is 9.59 Å². The number of nitrogens with zero attached hydrogens (tertiary/aromatic N) is 2. The van der Waals surface area contributed by atoms with Crippen LogP contribution in [0.25, 0.3) is 0 Å². The van der Waals surface area contributed by atoms with Crippen LogP contribution in [-0.2, 0) is 4.79 Å². The van der Waals surface area contributed by atoms with Crippen molar-refractivity contribution in [2.75, 3.05) is 12.4 Å². The van der Waals surface area contributed by atoms with E-state index in [0.717, 1.165) is 22.4 Å². The number of carbonyl (C=O) groups excluding carboxylic acids is 2. The number of hydrogen-bond donors (Lipinski definition) is 1. The number of aryl methyl sites for hydroxylation is 2. The molecule has 5 heteroatoms. The normalized spacial score (nSPS) is 18.3. The molecule has 5 nitrogen and oxygen atoms in total. The average Bonchev–Trinajstić information content (AvgIpc) is 2.70. The maximum Gasteiger partial charge on any atom is 0.254 e. The van der Waals surface area contributed by atoms with Crippen LogP contribution in [0.5, 0.6) is 0 Å². The van der Waals surface area contributed by atoms with E-state index < -0.39 is 12.0 Å². The van der Waals surface area contributed by atoms with Gasteiger partial charge in [0.2, 0.25) is 5.91 Å². The van der Waals surface area contributed by atoms with Gasteiger partial charge in [-0.25, -0.2) is 4.98 Å². The SMILES string of the molecule is Cc1cc(C)nc(NC(=O)C2c3ccccc3C(=O)N(C)C2c2ccccc2)c1. The van der Waals surface area contributed by atoms with E-state index in [0.29, 0.717) is 11.4 Å². The Kier molecular flexibility index (Phi) is 4.89. The molecule has 29 heavy (non-hydrogen) atoms. The molecule has 1 aliphatic heterocycles. The Labute approximate surface area is 170 Å². The Morgan fingerprint density at radius 3 is 2.41 bits per heavy atom. The molecule has 4 rings (SSSR count). The van der Waals surface area contributed by atoms with E-state index in [2.05, 4.69) is 10.3 Å². The van der Waals surface area contributed by atoms with E-state index in [1.807, 2.05) is 74.5 Å². The predicted octanol–water partition coefficient (Wildman–Crippen LogP) is 4.25. The quantitative estimate of drug-likeness (QED) is 0.733. The number of nitrogens with one attached hydrogen (secondary N) is 1. The monoisotopic (exact) mass is 385 g/mol. The van der Waals surface area contributed by atoms with E-state index in [-0.39, 0.29) is 11.8 Å². The number of benzene rings is 2. The number of hydrogen-bond acceptors (Lipinski definition) is 3. The molecule has 0 aliphatic carbocycles. The lowest BCUT2D eigenvalue weighted by Crippen LogP contribution is -2.44. The summed E-state index contributed by atoms with van der Waals surface area (Å²) in [6.07, 6.45) is 0. The molecular formula is C24H23N3O2. The van der Waals surface area contributed by atoms with E-state index >= 15 is 0 Å². The van der Waals surface area contributed by atoms with Crippen molar-refractivity contribution in [1.29, 1.82) is 0 Å². The van der Waals surface area contributed by atoms with Crippen molar-refractivity contribution in [2.45, 2.75) is 25.8 Å². The topological polar surface area (TPSA) is 62.3 Å². The Morgan fingerprint density at radius 1 is 1.00 bits per heavy atom. The summed E-state index contributed by atoms with van der Waals surface area (Å²) in [7, 11) is 1.76. The first kappa shape index (κ1) is 18.9. The van der Waals surface area contributed by atoms with Crippen LogP contribution in [0.2, 0.25) is 0 Å². The van der Waals surface area contributed by atoms with Gasteiger partial charge in [0, 0.05) is 18.3 Å². The second-order valence-electron chi connectivity index (χ2n) is 7.50. The van der Waals surface area contributed by atoms with Crippen molar-refractivity contribution in [3.63, 3.8) is 0 Å². The van der Waals surface area contributed by atoms with Gasteiger partial charge in [-0.3, -0.25) is 9.59 Å². The zero-order valence-electron chi connectivity index (χ0n) is 16.7. The zero-order chi connectivity index (χ0) is 20.5. The minimum Gasteiger partial charge on any atom is -0.334 e. The second-order valence-corrected chi connectivity index (χ2v) is 7.50. The predicted molar refractivity (Wildman–Crippen MR) is 113 cm³/mol. The Morgan fingerprint density at radius 2 is 1.69 bits per heavy atom. The van der Waals surface area contributed by atoms with Crippen LogP contribution in [0, 0.1) is 13.8 Å². The number of amides is 2. The number of aromatic nitrogens is 1. The largest absolute Gasteiger partial charge is 0.334 e.